The summed E-state index contributed by atoms with van der Waals surface area (Å²) >= 11 is 0. The van der Waals surface area contributed by atoms with Gasteiger partial charge in [-0.25, -0.2) is 14.4 Å². The first-order valence-corrected chi connectivity index (χ1v) is 8.70. The van der Waals surface area contributed by atoms with Crippen molar-refractivity contribution in [1.82, 2.24) is 24.8 Å². The Morgan fingerprint density at radius 2 is 2.04 bits per heavy atom. The monoisotopic (exact) mass is 380 g/mol. The number of amides is 1. The third-order valence-corrected chi connectivity index (χ3v) is 4.25. The zero-order valence-electron chi connectivity index (χ0n) is 14.8. The number of morpholine rings is 1. The lowest BCUT2D eigenvalue weighted by Gasteiger charge is -2.32. The summed E-state index contributed by atoms with van der Waals surface area (Å²) in [6.45, 7) is 1.29. The van der Waals surface area contributed by atoms with Crippen LogP contribution in [0.25, 0.3) is 0 Å². The van der Waals surface area contributed by atoms with Gasteiger partial charge in [-0.05, 0) is 24.3 Å². The van der Waals surface area contributed by atoms with Gasteiger partial charge in [0.25, 0.3) is 5.91 Å². The highest BCUT2D eigenvalue weighted by Gasteiger charge is 2.27. The minimum absolute atomic E-state index is 0.179. The molecule has 0 bridgehead atoms. The van der Waals surface area contributed by atoms with Crippen molar-refractivity contribution in [1.29, 1.82) is 0 Å². The van der Waals surface area contributed by atoms with Crippen molar-refractivity contribution >= 4 is 17.4 Å². The smallest absolute Gasteiger partial charge is 0.274 e. The van der Waals surface area contributed by atoms with E-state index < -0.39 is 5.82 Å². The van der Waals surface area contributed by atoms with E-state index >= 15 is 0 Å². The van der Waals surface area contributed by atoms with Crippen LogP contribution in [0.15, 0.2) is 55.2 Å². The third-order valence-electron chi connectivity index (χ3n) is 4.25. The molecule has 3 aromatic rings. The topological polar surface area (TPSA) is 93.1 Å². The summed E-state index contributed by atoms with van der Waals surface area (Å²) in [5.41, 5.74) is 1.74. The summed E-state index contributed by atoms with van der Waals surface area (Å²) < 4.78 is 18.7. The maximum Gasteiger partial charge on any atom is 0.274 e. The van der Waals surface area contributed by atoms with Crippen LogP contribution in [0.3, 0.4) is 0 Å². The van der Waals surface area contributed by atoms with Gasteiger partial charge in [0.15, 0.2) is 0 Å². The van der Waals surface area contributed by atoms with Crippen molar-refractivity contribution < 1.29 is 13.9 Å². The molecule has 4 rings (SSSR count). The molecule has 0 radical (unpaired) electrons. The Kier molecular flexibility index (Phi) is 5.16. The number of nitrogens with zero attached hydrogens (tertiary/aromatic N) is 5. The van der Waals surface area contributed by atoms with Crippen LogP contribution in [-0.2, 0) is 4.74 Å². The Hall–Kier alpha value is -3.46. The van der Waals surface area contributed by atoms with Crippen molar-refractivity contribution in [3.05, 3.63) is 72.5 Å². The molecule has 1 aliphatic rings. The predicted octanol–water partition coefficient (Wildman–Crippen LogP) is 2.36. The van der Waals surface area contributed by atoms with Crippen LogP contribution < -0.4 is 5.32 Å². The van der Waals surface area contributed by atoms with Gasteiger partial charge >= 0.3 is 0 Å². The molecule has 1 atom stereocenters. The van der Waals surface area contributed by atoms with Crippen molar-refractivity contribution in [2.75, 3.05) is 25.0 Å². The number of anilines is 2. The van der Waals surface area contributed by atoms with Crippen molar-refractivity contribution in [3.63, 3.8) is 0 Å². The van der Waals surface area contributed by atoms with E-state index in [-0.39, 0.29) is 12.0 Å². The lowest BCUT2D eigenvalue weighted by atomic mass is 10.1. The van der Waals surface area contributed by atoms with Gasteiger partial charge in [0.1, 0.15) is 23.4 Å². The van der Waals surface area contributed by atoms with Crippen molar-refractivity contribution in [3.8, 4) is 0 Å². The van der Waals surface area contributed by atoms with Gasteiger partial charge in [-0.15, -0.1) is 0 Å². The number of carbonyl (C=O) groups excluding carboxylic acids is 1. The first-order valence-electron chi connectivity index (χ1n) is 8.70. The van der Waals surface area contributed by atoms with Crippen LogP contribution in [0.2, 0.25) is 0 Å². The summed E-state index contributed by atoms with van der Waals surface area (Å²) in [5.74, 6) is -0.0539. The number of hydrogen-bond acceptors (Lipinski definition) is 7. The Morgan fingerprint density at radius 1 is 1.11 bits per heavy atom. The van der Waals surface area contributed by atoms with E-state index in [0.29, 0.717) is 42.6 Å². The second-order valence-electron chi connectivity index (χ2n) is 6.16. The zero-order valence-corrected chi connectivity index (χ0v) is 14.8. The van der Waals surface area contributed by atoms with Crippen LogP contribution >= 0.6 is 0 Å². The Labute approximate surface area is 160 Å². The molecular weight excluding hydrogens is 363 g/mol. The van der Waals surface area contributed by atoms with Gasteiger partial charge in [-0.1, -0.05) is 0 Å². The number of aromatic nitrogens is 4. The fraction of sp³-hybridized carbons (Fsp3) is 0.211. The summed E-state index contributed by atoms with van der Waals surface area (Å²) in [5, 5.41) is 3.05. The van der Waals surface area contributed by atoms with E-state index in [4.69, 9.17) is 4.74 Å². The van der Waals surface area contributed by atoms with Gasteiger partial charge in [-0.2, -0.15) is 0 Å². The number of halogens is 1. The molecule has 1 saturated heterocycles. The summed E-state index contributed by atoms with van der Waals surface area (Å²) in [7, 11) is 0. The van der Waals surface area contributed by atoms with Crippen LogP contribution in [-0.4, -0.2) is 50.4 Å². The molecule has 9 heteroatoms. The molecule has 142 valence electrons. The van der Waals surface area contributed by atoms with Gasteiger partial charge in [0.05, 0.1) is 43.1 Å². The van der Waals surface area contributed by atoms with Crippen molar-refractivity contribution in [2.45, 2.75) is 6.10 Å². The van der Waals surface area contributed by atoms with Crippen LogP contribution in [0.5, 0.6) is 0 Å². The molecule has 3 aromatic heterocycles. The number of nitrogens with one attached hydrogen (secondary N) is 1. The SMILES string of the molecule is O=C(c1cnccn1)N1CCOC(c2ccc(Nc3ccc(F)cn3)cn2)C1. The fourth-order valence-corrected chi connectivity index (χ4v) is 2.85. The largest absolute Gasteiger partial charge is 0.368 e. The lowest BCUT2D eigenvalue weighted by Crippen LogP contribution is -2.42. The molecule has 1 N–H and O–H groups in total. The average molecular weight is 380 g/mol. The Bertz CT molecular complexity index is 937. The minimum atomic E-state index is -0.394. The van der Waals surface area contributed by atoms with E-state index in [1.807, 2.05) is 12.1 Å². The molecule has 8 nitrogen and oxygen atoms in total. The van der Waals surface area contributed by atoms with E-state index in [0.717, 1.165) is 6.20 Å². The summed E-state index contributed by atoms with van der Waals surface area (Å²) in [6, 6.07) is 6.53. The maximum absolute atomic E-state index is 12.9. The highest BCUT2D eigenvalue weighted by molar-refractivity contribution is 5.92. The number of rotatable bonds is 4. The third kappa shape index (κ3) is 4.09. The molecule has 4 heterocycles. The normalized spacial score (nSPS) is 16.6. The van der Waals surface area contributed by atoms with Crippen LogP contribution in [0.4, 0.5) is 15.9 Å². The van der Waals surface area contributed by atoms with Gasteiger partial charge in [0.2, 0.25) is 0 Å². The van der Waals surface area contributed by atoms with E-state index in [1.165, 1.54) is 24.7 Å². The maximum atomic E-state index is 12.9. The summed E-state index contributed by atoms with van der Waals surface area (Å²) in [6.07, 6.45) is 6.94. The van der Waals surface area contributed by atoms with Crippen molar-refractivity contribution in [2.24, 2.45) is 0 Å². The van der Waals surface area contributed by atoms with E-state index in [1.54, 1.807) is 17.2 Å². The van der Waals surface area contributed by atoms with Crippen LogP contribution in [0.1, 0.15) is 22.3 Å². The molecule has 28 heavy (non-hydrogen) atoms. The summed E-state index contributed by atoms with van der Waals surface area (Å²) in [4.78, 5) is 30.6. The first-order chi connectivity index (χ1) is 13.7. The predicted molar refractivity (Wildman–Crippen MR) is 98.3 cm³/mol. The average Bonchev–Trinajstić information content (AvgIpc) is 2.76. The lowest BCUT2D eigenvalue weighted by molar-refractivity contribution is -0.0249. The number of carbonyl (C=O) groups is 1. The first kappa shape index (κ1) is 17.9. The molecule has 1 aliphatic heterocycles. The molecule has 1 unspecified atom stereocenters. The Balaban J connectivity index is 1.42. The molecule has 0 aromatic carbocycles. The molecule has 1 amide bonds. The molecule has 0 spiro atoms. The van der Waals surface area contributed by atoms with E-state index in [9.17, 15) is 9.18 Å². The molecule has 1 fully saturated rings. The quantitative estimate of drug-likeness (QED) is 0.743. The molecule has 0 aliphatic carbocycles. The van der Waals surface area contributed by atoms with Gasteiger partial charge in [-0.3, -0.25) is 14.8 Å². The minimum Gasteiger partial charge on any atom is -0.368 e. The van der Waals surface area contributed by atoms with Crippen LogP contribution in [0, 0.1) is 5.82 Å². The molecule has 0 saturated carbocycles. The number of hydrogen-bond donors (Lipinski definition) is 1. The molecular formula is C19H17FN6O2. The standard InChI is InChI=1S/C19H17FN6O2/c20-13-1-4-18(24-9-13)25-14-2-3-15(23-10-14)17-12-26(7-8-28-17)19(27)16-11-21-5-6-22-16/h1-6,9-11,17H,7-8,12H2,(H,24,25). The second kappa shape index (κ2) is 8.05. The van der Waals surface area contributed by atoms with Gasteiger partial charge in [0, 0.05) is 18.9 Å². The number of ether oxygens (including phenoxy) is 1. The highest BCUT2D eigenvalue weighted by atomic mass is 19.1. The second-order valence-corrected chi connectivity index (χ2v) is 6.16. The number of pyridine rings is 2. The highest BCUT2D eigenvalue weighted by Crippen LogP contribution is 2.23. The Morgan fingerprint density at radius 3 is 2.75 bits per heavy atom. The van der Waals surface area contributed by atoms with E-state index in [2.05, 4.69) is 25.3 Å². The van der Waals surface area contributed by atoms with Gasteiger partial charge < -0.3 is 15.0 Å². The fourth-order valence-electron chi connectivity index (χ4n) is 2.85. The zero-order chi connectivity index (χ0) is 19.3.